The molecule has 0 atom stereocenters. The maximum Gasteiger partial charge on any atom is 0.299 e. The van der Waals surface area contributed by atoms with Crippen LogP contribution in [-0.4, -0.2) is 22.9 Å². The number of rotatable bonds is 3. The zero-order valence-electron chi connectivity index (χ0n) is 9.04. The summed E-state index contributed by atoms with van der Waals surface area (Å²) in [6.07, 6.45) is 1.81. The van der Waals surface area contributed by atoms with Gasteiger partial charge in [-0.1, -0.05) is 0 Å². The first kappa shape index (κ1) is 11.3. The first-order chi connectivity index (χ1) is 8.11. The van der Waals surface area contributed by atoms with Crippen molar-refractivity contribution < 1.29 is 9.85 Å². The highest BCUT2D eigenvalue weighted by Gasteiger charge is 2.30. The quantitative estimate of drug-likeness (QED) is 0.593. The molecule has 1 aromatic rings. The number of para-hydroxylation sites is 1. The van der Waals surface area contributed by atoms with Crippen LogP contribution in [0.15, 0.2) is 18.2 Å². The van der Waals surface area contributed by atoms with E-state index in [1.54, 1.807) is 4.90 Å². The van der Waals surface area contributed by atoms with Crippen molar-refractivity contribution in [3.05, 3.63) is 38.4 Å². The standard InChI is InChI=1S/C10H11N3O4/c14-12(15)8-4-3-5-9(13(16)17)10(8)11-6-1-2-7-11/h3-5H,1-2,6-7H2. The van der Waals surface area contributed by atoms with Crippen LogP contribution in [0.5, 0.6) is 0 Å². The third-order valence-corrected chi connectivity index (χ3v) is 2.81. The fraction of sp³-hybridized carbons (Fsp3) is 0.400. The fourth-order valence-corrected chi connectivity index (χ4v) is 2.08. The minimum absolute atomic E-state index is 0.139. The van der Waals surface area contributed by atoms with Gasteiger partial charge in [0.1, 0.15) is 0 Å². The van der Waals surface area contributed by atoms with Crippen molar-refractivity contribution in [3.63, 3.8) is 0 Å². The summed E-state index contributed by atoms with van der Waals surface area (Å²) in [5.41, 5.74) is -0.248. The highest BCUT2D eigenvalue weighted by molar-refractivity contribution is 5.75. The second-order valence-corrected chi connectivity index (χ2v) is 3.85. The van der Waals surface area contributed by atoms with Gasteiger partial charge in [-0.2, -0.15) is 0 Å². The molecule has 0 aromatic heterocycles. The van der Waals surface area contributed by atoms with E-state index in [0.717, 1.165) is 12.8 Å². The second kappa shape index (κ2) is 4.36. The Bertz CT molecular complexity index is 436. The van der Waals surface area contributed by atoms with E-state index in [4.69, 9.17) is 0 Å². The second-order valence-electron chi connectivity index (χ2n) is 3.85. The first-order valence-corrected chi connectivity index (χ1v) is 5.28. The van der Waals surface area contributed by atoms with E-state index in [9.17, 15) is 20.2 Å². The van der Waals surface area contributed by atoms with Gasteiger partial charge in [0.2, 0.25) is 0 Å². The topological polar surface area (TPSA) is 89.5 Å². The molecule has 0 saturated carbocycles. The zero-order chi connectivity index (χ0) is 12.4. The third kappa shape index (κ3) is 2.03. The van der Waals surface area contributed by atoms with E-state index in [1.807, 2.05) is 0 Å². The van der Waals surface area contributed by atoms with Crippen LogP contribution in [0.2, 0.25) is 0 Å². The highest BCUT2D eigenvalue weighted by atomic mass is 16.6. The molecule has 0 N–H and O–H groups in total. The molecule has 0 aliphatic carbocycles. The predicted molar refractivity (Wildman–Crippen MR) is 61.2 cm³/mol. The van der Waals surface area contributed by atoms with Crippen molar-refractivity contribution in [3.8, 4) is 0 Å². The molecule has 1 aliphatic rings. The van der Waals surface area contributed by atoms with E-state index < -0.39 is 9.85 Å². The summed E-state index contributed by atoms with van der Waals surface area (Å²) in [7, 11) is 0. The van der Waals surface area contributed by atoms with Gasteiger partial charge in [-0.25, -0.2) is 0 Å². The van der Waals surface area contributed by atoms with E-state index >= 15 is 0 Å². The molecule has 0 radical (unpaired) electrons. The minimum atomic E-state index is -0.569. The summed E-state index contributed by atoms with van der Waals surface area (Å²) in [5.74, 6) is 0. The molecule has 0 amide bonds. The molecular formula is C10H11N3O4. The number of benzene rings is 1. The van der Waals surface area contributed by atoms with E-state index in [2.05, 4.69) is 0 Å². The van der Waals surface area contributed by atoms with Crippen molar-refractivity contribution in [1.82, 2.24) is 0 Å². The Kier molecular flexibility index (Phi) is 2.90. The van der Waals surface area contributed by atoms with Crippen molar-refractivity contribution >= 4 is 17.1 Å². The summed E-state index contributed by atoms with van der Waals surface area (Å²) >= 11 is 0. The highest BCUT2D eigenvalue weighted by Crippen LogP contribution is 2.38. The lowest BCUT2D eigenvalue weighted by Crippen LogP contribution is -2.20. The average Bonchev–Trinajstić information content (AvgIpc) is 2.80. The van der Waals surface area contributed by atoms with E-state index in [0.29, 0.717) is 13.1 Å². The van der Waals surface area contributed by atoms with E-state index in [1.165, 1.54) is 18.2 Å². The Morgan fingerprint density at radius 1 is 1.00 bits per heavy atom. The Hall–Kier alpha value is -2.18. The summed E-state index contributed by atoms with van der Waals surface area (Å²) in [6, 6.07) is 3.96. The molecule has 90 valence electrons. The maximum absolute atomic E-state index is 10.9. The normalized spacial score (nSPS) is 14.9. The van der Waals surface area contributed by atoms with Crippen LogP contribution >= 0.6 is 0 Å². The monoisotopic (exact) mass is 237 g/mol. The summed E-state index contributed by atoms with van der Waals surface area (Å²) in [4.78, 5) is 22.4. The molecular weight excluding hydrogens is 226 g/mol. The smallest absolute Gasteiger partial charge is 0.299 e. The molecule has 1 saturated heterocycles. The minimum Gasteiger partial charge on any atom is -0.360 e. The fourth-order valence-electron chi connectivity index (χ4n) is 2.08. The lowest BCUT2D eigenvalue weighted by atomic mass is 10.2. The van der Waals surface area contributed by atoms with Gasteiger partial charge in [0.05, 0.1) is 9.85 Å². The summed E-state index contributed by atoms with van der Waals surface area (Å²) in [6.45, 7) is 1.26. The van der Waals surface area contributed by atoms with Crippen molar-refractivity contribution in [2.45, 2.75) is 12.8 Å². The summed E-state index contributed by atoms with van der Waals surface area (Å²) in [5, 5.41) is 21.8. The Morgan fingerprint density at radius 3 is 1.88 bits per heavy atom. The van der Waals surface area contributed by atoms with Gasteiger partial charge in [0.15, 0.2) is 5.69 Å². The van der Waals surface area contributed by atoms with Gasteiger partial charge in [0, 0.05) is 25.2 Å². The first-order valence-electron chi connectivity index (χ1n) is 5.28. The molecule has 17 heavy (non-hydrogen) atoms. The van der Waals surface area contributed by atoms with Crippen molar-refractivity contribution in [2.75, 3.05) is 18.0 Å². The van der Waals surface area contributed by atoms with Crippen molar-refractivity contribution in [1.29, 1.82) is 0 Å². The summed E-state index contributed by atoms with van der Waals surface area (Å²) < 4.78 is 0. The van der Waals surface area contributed by atoms with Crippen LogP contribution < -0.4 is 4.90 Å². The number of anilines is 1. The molecule has 7 heteroatoms. The molecule has 2 rings (SSSR count). The van der Waals surface area contributed by atoms with Crippen LogP contribution in [-0.2, 0) is 0 Å². The molecule has 7 nitrogen and oxygen atoms in total. The molecule has 1 fully saturated rings. The average molecular weight is 237 g/mol. The van der Waals surface area contributed by atoms with Crippen LogP contribution in [0.1, 0.15) is 12.8 Å². The van der Waals surface area contributed by atoms with Gasteiger partial charge in [-0.15, -0.1) is 0 Å². The van der Waals surface area contributed by atoms with Crippen LogP contribution in [0.4, 0.5) is 17.1 Å². The Labute approximate surface area is 97.0 Å². The Morgan fingerprint density at radius 2 is 1.47 bits per heavy atom. The van der Waals surface area contributed by atoms with Gasteiger partial charge >= 0.3 is 0 Å². The lowest BCUT2D eigenvalue weighted by Gasteiger charge is -2.16. The molecule has 1 aromatic carbocycles. The molecule has 1 aliphatic heterocycles. The molecule has 1 heterocycles. The van der Waals surface area contributed by atoms with Gasteiger partial charge < -0.3 is 4.90 Å². The van der Waals surface area contributed by atoms with Gasteiger partial charge in [-0.3, -0.25) is 20.2 Å². The van der Waals surface area contributed by atoms with Gasteiger partial charge in [0.25, 0.3) is 11.4 Å². The van der Waals surface area contributed by atoms with Crippen LogP contribution in [0.3, 0.4) is 0 Å². The van der Waals surface area contributed by atoms with E-state index in [-0.39, 0.29) is 17.1 Å². The van der Waals surface area contributed by atoms with Gasteiger partial charge in [-0.05, 0) is 18.9 Å². The number of nitrogens with zero attached hydrogens (tertiary/aromatic N) is 3. The number of hydrogen-bond acceptors (Lipinski definition) is 5. The number of nitro benzene ring substituents is 2. The molecule has 0 spiro atoms. The maximum atomic E-state index is 10.9. The third-order valence-electron chi connectivity index (χ3n) is 2.81. The predicted octanol–water partition coefficient (Wildman–Crippen LogP) is 2.10. The SMILES string of the molecule is O=[N+]([O-])c1cccc([N+](=O)[O-])c1N1CCCC1. The molecule has 0 bridgehead atoms. The lowest BCUT2D eigenvalue weighted by molar-refractivity contribution is -0.392. The molecule has 0 unspecified atom stereocenters. The number of nitro groups is 2. The van der Waals surface area contributed by atoms with Crippen LogP contribution in [0, 0.1) is 20.2 Å². The Balaban J connectivity index is 2.57. The van der Waals surface area contributed by atoms with Crippen LogP contribution in [0.25, 0.3) is 0 Å². The number of hydrogen-bond donors (Lipinski definition) is 0. The largest absolute Gasteiger partial charge is 0.360 e. The van der Waals surface area contributed by atoms with Crippen molar-refractivity contribution in [2.24, 2.45) is 0 Å². The zero-order valence-corrected chi connectivity index (χ0v) is 9.04.